The molecule has 0 heterocycles. The highest BCUT2D eigenvalue weighted by molar-refractivity contribution is 7.80. The molecule has 0 radical (unpaired) electrons. The minimum absolute atomic E-state index is 0.336. The predicted molar refractivity (Wildman–Crippen MR) is 85.9 cm³/mol. The molecule has 3 heteroatoms. The molecule has 0 aliphatic heterocycles. The number of nitrogens with one attached hydrogen (secondary N) is 2. The van der Waals surface area contributed by atoms with Crippen LogP contribution >= 0.6 is 12.2 Å². The second-order valence-corrected chi connectivity index (χ2v) is 5.14. The third kappa shape index (κ3) is 4.57. The van der Waals surface area contributed by atoms with Crippen LogP contribution in [0.5, 0.6) is 0 Å². The summed E-state index contributed by atoms with van der Waals surface area (Å²) in [6, 6.07) is 8.38. The van der Waals surface area contributed by atoms with E-state index in [1.54, 1.807) is 0 Å². The van der Waals surface area contributed by atoms with Crippen molar-refractivity contribution in [2.45, 2.75) is 45.7 Å². The maximum atomic E-state index is 5.60. The molecular formula is C16H22N2S. The van der Waals surface area contributed by atoms with Gasteiger partial charge in [0.05, 0.1) is 5.54 Å². The number of benzene rings is 1. The van der Waals surface area contributed by atoms with E-state index in [1.165, 1.54) is 11.1 Å². The van der Waals surface area contributed by atoms with Crippen molar-refractivity contribution in [3.8, 4) is 12.3 Å². The fraction of sp³-hybridized carbons (Fsp3) is 0.438. The average Bonchev–Trinajstić information content (AvgIpc) is 2.44. The van der Waals surface area contributed by atoms with Crippen molar-refractivity contribution >= 4 is 17.3 Å². The Morgan fingerprint density at radius 3 is 2.32 bits per heavy atom. The van der Waals surface area contributed by atoms with Gasteiger partial charge in [0.1, 0.15) is 0 Å². The summed E-state index contributed by atoms with van der Waals surface area (Å²) in [5.74, 6) is 2.81. The summed E-state index contributed by atoms with van der Waals surface area (Å²) in [7, 11) is 0. The molecule has 0 fully saturated rings. The van der Waals surface area contributed by atoms with E-state index in [2.05, 4.69) is 61.6 Å². The summed E-state index contributed by atoms with van der Waals surface area (Å²) in [5, 5.41) is 7.06. The van der Waals surface area contributed by atoms with E-state index in [0.717, 1.165) is 12.8 Å². The summed E-state index contributed by atoms with van der Waals surface area (Å²) in [6.07, 6.45) is 7.31. The average molecular weight is 274 g/mol. The quantitative estimate of drug-likeness (QED) is 0.637. The highest BCUT2D eigenvalue weighted by Crippen LogP contribution is 2.13. The molecule has 1 aromatic carbocycles. The lowest BCUT2D eigenvalue weighted by atomic mass is 9.94. The molecule has 0 spiro atoms. The summed E-state index contributed by atoms with van der Waals surface area (Å²) in [5.41, 5.74) is 2.12. The molecule has 0 aromatic heterocycles. The first-order valence-corrected chi connectivity index (χ1v) is 7.05. The van der Waals surface area contributed by atoms with E-state index in [9.17, 15) is 0 Å². The van der Waals surface area contributed by atoms with Crippen molar-refractivity contribution in [3.05, 3.63) is 35.4 Å². The van der Waals surface area contributed by atoms with Crippen LogP contribution in [0.1, 0.15) is 37.8 Å². The minimum Gasteiger partial charge on any atom is -0.359 e. The lowest BCUT2D eigenvalue weighted by Crippen LogP contribution is -2.50. The van der Waals surface area contributed by atoms with Gasteiger partial charge in [-0.15, -0.1) is 6.42 Å². The third-order valence-corrected chi connectivity index (χ3v) is 3.66. The van der Waals surface area contributed by atoms with Crippen molar-refractivity contribution in [2.75, 3.05) is 0 Å². The molecule has 0 unspecified atom stereocenters. The Balaban J connectivity index is 2.52. The predicted octanol–water partition coefficient (Wildman–Crippen LogP) is 3.15. The van der Waals surface area contributed by atoms with Gasteiger partial charge in [-0.3, -0.25) is 0 Å². The number of hydrogen-bond acceptors (Lipinski definition) is 1. The van der Waals surface area contributed by atoms with Crippen molar-refractivity contribution in [1.29, 1.82) is 0 Å². The van der Waals surface area contributed by atoms with Gasteiger partial charge in [-0.2, -0.15) is 0 Å². The molecule has 0 aliphatic rings. The van der Waals surface area contributed by atoms with Crippen LogP contribution in [0.4, 0.5) is 0 Å². The molecule has 2 nitrogen and oxygen atoms in total. The van der Waals surface area contributed by atoms with E-state index in [4.69, 9.17) is 18.6 Å². The number of thiocarbonyl (C=S) groups is 1. The number of rotatable bonds is 5. The molecule has 102 valence electrons. The number of terminal acetylenes is 1. The van der Waals surface area contributed by atoms with Crippen LogP contribution in [0.3, 0.4) is 0 Å². The van der Waals surface area contributed by atoms with Gasteiger partial charge in [-0.1, -0.05) is 49.6 Å². The van der Waals surface area contributed by atoms with Gasteiger partial charge in [0.25, 0.3) is 0 Å². The highest BCUT2D eigenvalue weighted by Gasteiger charge is 2.23. The molecule has 0 bridgehead atoms. The van der Waals surface area contributed by atoms with Crippen LogP contribution in [-0.4, -0.2) is 10.7 Å². The maximum Gasteiger partial charge on any atom is 0.167 e. The van der Waals surface area contributed by atoms with Gasteiger partial charge >= 0.3 is 0 Å². The van der Waals surface area contributed by atoms with Crippen LogP contribution < -0.4 is 10.6 Å². The SMILES string of the molecule is C#CC(CC)(CC)NC(=S)NCc1ccc(C)cc1. The first-order valence-electron chi connectivity index (χ1n) is 6.64. The van der Waals surface area contributed by atoms with Gasteiger partial charge in [-0.05, 0) is 37.5 Å². The van der Waals surface area contributed by atoms with E-state index in [-0.39, 0.29) is 5.54 Å². The Morgan fingerprint density at radius 2 is 1.84 bits per heavy atom. The monoisotopic (exact) mass is 274 g/mol. The van der Waals surface area contributed by atoms with Gasteiger partial charge in [0.2, 0.25) is 0 Å². The fourth-order valence-corrected chi connectivity index (χ4v) is 2.08. The summed E-state index contributed by atoms with van der Waals surface area (Å²) in [4.78, 5) is 0. The van der Waals surface area contributed by atoms with Gasteiger partial charge in [0.15, 0.2) is 5.11 Å². The topological polar surface area (TPSA) is 24.1 Å². The Kier molecular flexibility index (Phi) is 5.85. The molecule has 0 aliphatic carbocycles. The Hall–Kier alpha value is -1.53. The van der Waals surface area contributed by atoms with Crippen LogP contribution in [0.25, 0.3) is 0 Å². The molecule has 0 atom stereocenters. The largest absolute Gasteiger partial charge is 0.359 e. The second-order valence-electron chi connectivity index (χ2n) is 4.73. The van der Waals surface area contributed by atoms with Crippen LogP contribution in [0.2, 0.25) is 0 Å². The van der Waals surface area contributed by atoms with Crippen molar-refractivity contribution in [2.24, 2.45) is 0 Å². The van der Waals surface area contributed by atoms with E-state index in [0.29, 0.717) is 11.7 Å². The van der Waals surface area contributed by atoms with Crippen molar-refractivity contribution in [3.63, 3.8) is 0 Å². The van der Waals surface area contributed by atoms with E-state index < -0.39 is 0 Å². The molecule has 0 amide bonds. The molecule has 2 N–H and O–H groups in total. The Morgan fingerprint density at radius 1 is 1.26 bits per heavy atom. The van der Waals surface area contributed by atoms with Gasteiger partial charge in [0, 0.05) is 6.54 Å². The zero-order chi connectivity index (χ0) is 14.3. The van der Waals surface area contributed by atoms with Crippen molar-refractivity contribution in [1.82, 2.24) is 10.6 Å². The lowest BCUT2D eigenvalue weighted by Gasteiger charge is -2.28. The Bertz CT molecular complexity index is 453. The van der Waals surface area contributed by atoms with Gasteiger partial charge in [-0.25, -0.2) is 0 Å². The summed E-state index contributed by atoms with van der Waals surface area (Å²) >= 11 is 5.31. The summed E-state index contributed by atoms with van der Waals surface area (Å²) in [6.45, 7) is 6.92. The van der Waals surface area contributed by atoms with Crippen molar-refractivity contribution < 1.29 is 0 Å². The normalized spacial score (nSPS) is 10.6. The highest BCUT2D eigenvalue weighted by atomic mass is 32.1. The molecule has 0 saturated heterocycles. The molecule has 1 rings (SSSR count). The van der Waals surface area contributed by atoms with E-state index in [1.807, 2.05) is 0 Å². The zero-order valence-electron chi connectivity index (χ0n) is 11.9. The first kappa shape index (κ1) is 15.5. The molecule has 0 saturated carbocycles. The number of aryl methyl sites for hydroxylation is 1. The fourth-order valence-electron chi connectivity index (χ4n) is 1.82. The van der Waals surface area contributed by atoms with Crippen LogP contribution in [0, 0.1) is 19.3 Å². The zero-order valence-corrected chi connectivity index (χ0v) is 12.7. The van der Waals surface area contributed by atoms with Crippen LogP contribution in [0.15, 0.2) is 24.3 Å². The second kappa shape index (κ2) is 7.16. The maximum absolute atomic E-state index is 5.60. The summed E-state index contributed by atoms with van der Waals surface area (Å²) < 4.78 is 0. The van der Waals surface area contributed by atoms with E-state index >= 15 is 0 Å². The molecule has 19 heavy (non-hydrogen) atoms. The smallest absolute Gasteiger partial charge is 0.167 e. The Labute approximate surface area is 122 Å². The number of hydrogen-bond donors (Lipinski definition) is 2. The molecular weight excluding hydrogens is 252 g/mol. The van der Waals surface area contributed by atoms with Gasteiger partial charge < -0.3 is 10.6 Å². The lowest BCUT2D eigenvalue weighted by molar-refractivity contribution is 0.456. The standard InChI is InChI=1S/C16H22N2S/c1-5-16(6-2,7-3)18-15(19)17-12-14-10-8-13(4)9-11-14/h1,8-11H,6-7,12H2,2-4H3,(H2,17,18,19). The molecule has 1 aromatic rings. The third-order valence-electron chi connectivity index (χ3n) is 3.41. The van der Waals surface area contributed by atoms with Crippen LogP contribution in [-0.2, 0) is 6.54 Å². The first-order chi connectivity index (χ1) is 9.05. The minimum atomic E-state index is -0.336.